The lowest BCUT2D eigenvalue weighted by Gasteiger charge is -2.30. The number of carbonyl (C=O) groups excluding carboxylic acids is 2. The Morgan fingerprint density at radius 2 is 1.73 bits per heavy atom. The summed E-state index contributed by atoms with van der Waals surface area (Å²) in [5, 5.41) is 2.56. The van der Waals surface area contributed by atoms with Crippen molar-refractivity contribution in [3.05, 3.63) is 101 Å². The van der Waals surface area contributed by atoms with Crippen molar-refractivity contribution in [1.29, 1.82) is 0 Å². The number of anilines is 1. The van der Waals surface area contributed by atoms with Crippen LogP contribution in [0.15, 0.2) is 78.6 Å². The molecule has 3 aromatic carbocycles. The number of amides is 2. The summed E-state index contributed by atoms with van der Waals surface area (Å²) in [7, 11) is 1.56. The summed E-state index contributed by atoms with van der Waals surface area (Å²) in [5.74, 6) is -0.291. The van der Waals surface area contributed by atoms with Crippen molar-refractivity contribution in [2.75, 3.05) is 11.9 Å². The average Bonchev–Trinajstić information content (AvgIpc) is 2.78. The van der Waals surface area contributed by atoms with Crippen LogP contribution in [0.25, 0.3) is 6.08 Å². The van der Waals surface area contributed by atoms with Gasteiger partial charge >= 0.3 is 0 Å². The van der Waals surface area contributed by atoms with E-state index in [1.54, 1.807) is 73.8 Å². The summed E-state index contributed by atoms with van der Waals surface area (Å²) < 4.78 is 20.0. The molecule has 0 fully saturated rings. The molecule has 0 bridgehead atoms. The van der Waals surface area contributed by atoms with Crippen molar-refractivity contribution < 1.29 is 18.7 Å². The summed E-state index contributed by atoms with van der Waals surface area (Å²) in [4.78, 5) is 26.4. The van der Waals surface area contributed by atoms with Crippen LogP contribution in [0.2, 0.25) is 0 Å². The van der Waals surface area contributed by atoms with Gasteiger partial charge < -0.3 is 10.1 Å². The summed E-state index contributed by atoms with van der Waals surface area (Å²) in [6.45, 7) is 0.0822. The fourth-order valence-electron chi connectivity index (χ4n) is 3.24. The number of carbonyl (C=O) groups is 2. The van der Waals surface area contributed by atoms with Gasteiger partial charge in [0.2, 0.25) is 0 Å². The van der Waals surface area contributed by atoms with Crippen molar-refractivity contribution >= 4 is 23.6 Å². The number of nitrogens with one attached hydrogen (secondary N) is 1. The van der Waals surface area contributed by atoms with Gasteiger partial charge in [-0.05, 0) is 42.0 Å². The molecule has 5 nitrogen and oxygen atoms in total. The first kappa shape index (κ1) is 19.4. The monoisotopic (exact) mass is 402 g/mol. The van der Waals surface area contributed by atoms with E-state index in [0.29, 0.717) is 28.1 Å². The molecule has 6 heteroatoms. The first-order valence-corrected chi connectivity index (χ1v) is 9.43. The van der Waals surface area contributed by atoms with Crippen LogP contribution < -0.4 is 15.0 Å². The molecule has 0 atom stereocenters. The molecule has 0 aromatic heterocycles. The molecule has 2 amide bonds. The maximum Gasteiger partial charge on any atom is 0.294 e. The van der Waals surface area contributed by atoms with Gasteiger partial charge in [0.15, 0.2) is 11.5 Å². The third kappa shape index (κ3) is 3.80. The smallest absolute Gasteiger partial charge is 0.294 e. The number of hydrogen-bond donors (Lipinski definition) is 1. The van der Waals surface area contributed by atoms with E-state index in [1.807, 2.05) is 6.07 Å². The van der Waals surface area contributed by atoms with E-state index in [-0.39, 0.29) is 29.9 Å². The molecule has 0 saturated heterocycles. The molecular formula is C24H19FN2O3. The number of para-hydroxylation sites is 2. The van der Waals surface area contributed by atoms with E-state index < -0.39 is 0 Å². The maximum atomic E-state index is 14.2. The lowest BCUT2D eigenvalue weighted by atomic mass is 10.1. The van der Waals surface area contributed by atoms with Gasteiger partial charge in [-0.25, -0.2) is 4.39 Å². The van der Waals surface area contributed by atoms with Crippen LogP contribution in [0.1, 0.15) is 21.5 Å². The molecular weight excluding hydrogens is 383 g/mol. The van der Waals surface area contributed by atoms with Crippen LogP contribution in [0.4, 0.5) is 10.1 Å². The zero-order valence-electron chi connectivity index (χ0n) is 16.3. The Hall–Kier alpha value is -3.93. The minimum absolute atomic E-state index is 0.0822. The molecule has 150 valence electrons. The molecule has 0 spiro atoms. The average molecular weight is 402 g/mol. The van der Waals surface area contributed by atoms with Crippen molar-refractivity contribution in [2.24, 2.45) is 0 Å². The van der Waals surface area contributed by atoms with Crippen LogP contribution in [-0.4, -0.2) is 18.9 Å². The van der Waals surface area contributed by atoms with Gasteiger partial charge in [-0.1, -0.05) is 42.5 Å². The highest BCUT2D eigenvalue weighted by molar-refractivity contribution is 6.09. The van der Waals surface area contributed by atoms with Gasteiger partial charge in [0, 0.05) is 18.2 Å². The summed E-state index contributed by atoms with van der Waals surface area (Å²) >= 11 is 0. The zero-order valence-corrected chi connectivity index (χ0v) is 16.3. The van der Waals surface area contributed by atoms with E-state index in [0.717, 1.165) is 0 Å². The molecule has 0 aliphatic carbocycles. The molecule has 1 aliphatic heterocycles. The normalized spacial score (nSPS) is 14.3. The number of fused-ring (bicyclic) bond motifs is 1. The second-order valence-corrected chi connectivity index (χ2v) is 6.76. The van der Waals surface area contributed by atoms with Crippen molar-refractivity contribution in [2.45, 2.75) is 6.54 Å². The number of benzene rings is 3. The first-order valence-electron chi connectivity index (χ1n) is 9.43. The van der Waals surface area contributed by atoms with Crippen LogP contribution in [0, 0.1) is 5.82 Å². The van der Waals surface area contributed by atoms with Gasteiger partial charge in [-0.15, -0.1) is 0 Å². The SMILES string of the molecule is CNC(=O)c1ccc(C=C2Oc3ccccc3N(Cc3ccccc3F)C2=O)cc1. The van der Waals surface area contributed by atoms with Gasteiger partial charge in [0.05, 0.1) is 12.2 Å². The number of hydrogen-bond acceptors (Lipinski definition) is 3. The second-order valence-electron chi connectivity index (χ2n) is 6.76. The predicted octanol–water partition coefficient (Wildman–Crippen LogP) is 4.15. The lowest BCUT2D eigenvalue weighted by molar-refractivity contribution is -0.117. The quantitative estimate of drug-likeness (QED) is 0.667. The molecule has 4 rings (SSSR count). The summed E-state index contributed by atoms with van der Waals surface area (Å²) in [6, 6.07) is 20.3. The van der Waals surface area contributed by atoms with E-state index >= 15 is 0 Å². The number of ether oxygens (including phenoxy) is 1. The Labute approximate surface area is 173 Å². The Balaban J connectivity index is 1.69. The number of nitrogens with zero attached hydrogens (tertiary/aromatic N) is 1. The highest BCUT2D eigenvalue weighted by atomic mass is 19.1. The second kappa shape index (κ2) is 8.21. The molecule has 1 N–H and O–H groups in total. The molecule has 1 heterocycles. The Morgan fingerprint density at radius 1 is 1.03 bits per heavy atom. The minimum Gasteiger partial charge on any atom is -0.449 e. The number of halogens is 1. The topological polar surface area (TPSA) is 58.6 Å². The predicted molar refractivity (Wildman–Crippen MR) is 112 cm³/mol. The number of rotatable bonds is 4. The zero-order chi connectivity index (χ0) is 21.1. The first-order chi connectivity index (χ1) is 14.6. The maximum absolute atomic E-state index is 14.2. The molecule has 0 unspecified atom stereocenters. The summed E-state index contributed by atoms with van der Waals surface area (Å²) in [5.41, 5.74) is 2.22. The van der Waals surface area contributed by atoms with Gasteiger partial charge in [-0.2, -0.15) is 0 Å². The lowest BCUT2D eigenvalue weighted by Crippen LogP contribution is -2.37. The van der Waals surface area contributed by atoms with E-state index in [1.165, 1.54) is 11.0 Å². The fraction of sp³-hybridized carbons (Fsp3) is 0.0833. The van der Waals surface area contributed by atoms with Crippen LogP contribution in [0.3, 0.4) is 0 Å². The van der Waals surface area contributed by atoms with Gasteiger partial charge in [0.25, 0.3) is 11.8 Å². The van der Waals surface area contributed by atoms with Crippen molar-refractivity contribution in [1.82, 2.24) is 5.32 Å². The largest absolute Gasteiger partial charge is 0.449 e. The minimum atomic E-state index is -0.371. The standard InChI is InChI=1S/C24H19FN2O3/c1-26-23(28)17-12-10-16(11-13-17)14-22-24(29)27(15-18-6-2-3-7-19(18)25)20-8-4-5-9-21(20)30-22/h2-14H,15H2,1H3,(H,26,28). The Kier molecular flexibility index (Phi) is 5.30. The van der Waals surface area contributed by atoms with Crippen LogP contribution in [-0.2, 0) is 11.3 Å². The van der Waals surface area contributed by atoms with E-state index in [4.69, 9.17) is 4.74 Å². The van der Waals surface area contributed by atoms with Crippen LogP contribution in [0.5, 0.6) is 5.75 Å². The van der Waals surface area contributed by atoms with Crippen molar-refractivity contribution in [3.8, 4) is 5.75 Å². The highest BCUT2D eigenvalue weighted by Gasteiger charge is 2.30. The van der Waals surface area contributed by atoms with Crippen LogP contribution >= 0.6 is 0 Å². The molecule has 0 radical (unpaired) electrons. The molecule has 1 aliphatic rings. The highest BCUT2D eigenvalue weighted by Crippen LogP contribution is 2.36. The third-order valence-electron chi connectivity index (χ3n) is 4.82. The van der Waals surface area contributed by atoms with E-state index in [9.17, 15) is 14.0 Å². The summed E-state index contributed by atoms with van der Waals surface area (Å²) in [6.07, 6.45) is 1.61. The third-order valence-corrected chi connectivity index (χ3v) is 4.82. The Bertz CT molecular complexity index is 1140. The molecule has 30 heavy (non-hydrogen) atoms. The van der Waals surface area contributed by atoms with Gasteiger partial charge in [0.1, 0.15) is 5.82 Å². The van der Waals surface area contributed by atoms with Gasteiger partial charge in [-0.3, -0.25) is 14.5 Å². The van der Waals surface area contributed by atoms with Crippen molar-refractivity contribution in [3.63, 3.8) is 0 Å². The fourth-order valence-corrected chi connectivity index (χ4v) is 3.24. The Morgan fingerprint density at radius 3 is 2.47 bits per heavy atom. The van der Waals surface area contributed by atoms with E-state index in [2.05, 4.69) is 5.32 Å². The molecule has 3 aromatic rings. The molecule has 0 saturated carbocycles.